The van der Waals surface area contributed by atoms with Crippen molar-refractivity contribution in [2.75, 3.05) is 0 Å². The van der Waals surface area contributed by atoms with Crippen LogP contribution in [0.2, 0.25) is 0 Å². The van der Waals surface area contributed by atoms with Crippen LogP contribution in [0.15, 0.2) is 18.2 Å². The molecule has 0 amide bonds. The molecule has 1 aromatic carbocycles. The fraction of sp³-hybridized carbons (Fsp3) is 0.400. The second kappa shape index (κ2) is 3.59. The van der Waals surface area contributed by atoms with Gasteiger partial charge in [-0.15, -0.1) is 0 Å². The standard InChI is InChI=1S/C10H15NO/c1-3-9(11)8-5-4-7(2)6-10(8)12/h4-6,9,12H,3,11H2,1-2H3. The monoisotopic (exact) mass is 165 g/mol. The summed E-state index contributed by atoms with van der Waals surface area (Å²) in [4.78, 5) is 0. The zero-order chi connectivity index (χ0) is 9.14. The van der Waals surface area contributed by atoms with Crippen LogP contribution in [0.1, 0.15) is 30.5 Å². The van der Waals surface area contributed by atoms with Gasteiger partial charge in [0.05, 0.1) is 0 Å². The van der Waals surface area contributed by atoms with Crippen molar-refractivity contribution in [3.05, 3.63) is 29.3 Å². The van der Waals surface area contributed by atoms with Crippen LogP contribution in [0, 0.1) is 6.92 Å². The number of rotatable bonds is 2. The molecule has 0 spiro atoms. The summed E-state index contributed by atoms with van der Waals surface area (Å²) in [6.07, 6.45) is 0.844. The number of aryl methyl sites for hydroxylation is 1. The second-order valence-corrected chi connectivity index (χ2v) is 3.08. The van der Waals surface area contributed by atoms with E-state index < -0.39 is 0 Å². The van der Waals surface area contributed by atoms with E-state index in [4.69, 9.17) is 5.73 Å². The first-order valence-electron chi connectivity index (χ1n) is 4.20. The van der Waals surface area contributed by atoms with E-state index in [0.29, 0.717) is 5.75 Å². The lowest BCUT2D eigenvalue weighted by Gasteiger charge is -2.11. The van der Waals surface area contributed by atoms with Crippen LogP contribution in [0.5, 0.6) is 5.75 Å². The Kier molecular flexibility index (Phi) is 2.71. The first-order chi connectivity index (χ1) is 5.65. The quantitative estimate of drug-likeness (QED) is 0.705. The number of benzene rings is 1. The van der Waals surface area contributed by atoms with E-state index in [1.54, 1.807) is 6.07 Å². The highest BCUT2D eigenvalue weighted by Gasteiger charge is 2.07. The molecule has 0 aromatic heterocycles. The zero-order valence-corrected chi connectivity index (χ0v) is 7.54. The predicted molar refractivity (Wildman–Crippen MR) is 50.1 cm³/mol. The number of phenolic OH excluding ortho intramolecular Hbond substituents is 1. The van der Waals surface area contributed by atoms with Gasteiger partial charge in [0.15, 0.2) is 0 Å². The lowest BCUT2D eigenvalue weighted by atomic mass is 10.0. The molecule has 0 aliphatic heterocycles. The van der Waals surface area contributed by atoms with E-state index in [1.165, 1.54) is 0 Å². The van der Waals surface area contributed by atoms with E-state index in [0.717, 1.165) is 17.5 Å². The number of nitrogens with two attached hydrogens (primary N) is 1. The third kappa shape index (κ3) is 1.77. The van der Waals surface area contributed by atoms with Crippen molar-refractivity contribution in [2.45, 2.75) is 26.3 Å². The van der Waals surface area contributed by atoms with E-state index in [-0.39, 0.29) is 6.04 Å². The largest absolute Gasteiger partial charge is 0.508 e. The van der Waals surface area contributed by atoms with E-state index in [1.807, 2.05) is 26.0 Å². The van der Waals surface area contributed by atoms with E-state index in [9.17, 15) is 5.11 Å². The van der Waals surface area contributed by atoms with Crippen LogP contribution in [-0.4, -0.2) is 5.11 Å². The van der Waals surface area contributed by atoms with Crippen molar-refractivity contribution in [1.82, 2.24) is 0 Å². The molecule has 1 aromatic rings. The van der Waals surface area contributed by atoms with Crippen molar-refractivity contribution in [3.63, 3.8) is 0 Å². The van der Waals surface area contributed by atoms with Crippen LogP contribution >= 0.6 is 0 Å². The summed E-state index contributed by atoms with van der Waals surface area (Å²) < 4.78 is 0. The Morgan fingerprint density at radius 3 is 2.67 bits per heavy atom. The molecule has 66 valence electrons. The minimum atomic E-state index is -0.0504. The normalized spacial score (nSPS) is 12.9. The fourth-order valence-corrected chi connectivity index (χ4v) is 1.19. The SMILES string of the molecule is CCC(N)c1ccc(C)cc1O. The Morgan fingerprint density at radius 1 is 1.50 bits per heavy atom. The van der Waals surface area contributed by atoms with Gasteiger partial charge in [-0.2, -0.15) is 0 Å². The molecule has 3 N–H and O–H groups in total. The molecule has 2 nitrogen and oxygen atoms in total. The van der Waals surface area contributed by atoms with Crippen LogP contribution in [-0.2, 0) is 0 Å². The molecule has 2 heteroatoms. The fourth-order valence-electron chi connectivity index (χ4n) is 1.19. The lowest BCUT2D eigenvalue weighted by molar-refractivity contribution is 0.460. The van der Waals surface area contributed by atoms with E-state index in [2.05, 4.69) is 0 Å². The second-order valence-electron chi connectivity index (χ2n) is 3.08. The third-order valence-corrected chi connectivity index (χ3v) is 2.03. The van der Waals surface area contributed by atoms with Crippen molar-refractivity contribution < 1.29 is 5.11 Å². The molecule has 0 aliphatic rings. The van der Waals surface area contributed by atoms with Gasteiger partial charge in [0.2, 0.25) is 0 Å². The molecule has 0 saturated carbocycles. The molecular formula is C10H15NO. The Balaban J connectivity index is 3.01. The number of phenols is 1. The molecule has 0 fully saturated rings. The summed E-state index contributed by atoms with van der Waals surface area (Å²) in [6, 6.07) is 5.54. The summed E-state index contributed by atoms with van der Waals surface area (Å²) in [5.41, 5.74) is 7.68. The molecule has 0 aliphatic carbocycles. The van der Waals surface area contributed by atoms with Gasteiger partial charge in [0.25, 0.3) is 0 Å². The van der Waals surface area contributed by atoms with Crippen molar-refractivity contribution in [3.8, 4) is 5.75 Å². The summed E-state index contributed by atoms with van der Waals surface area (Å²) in [5.74, 6) is 0.310. The van der Waals surface area contributed by atoms with Gasteiger partial charge in [0.1, 0.15) is 5.75 Å². The molecule has 12 heavy (non-hydrogen) atoms. The maximum Gasteiger partial charge on any atom is 0.120 e. The van der Waals surface area contributed by atoms with Crippen LogP contribution in [0.4, 0.5) is 0 Å². The topological polar surface area (TPSA) is 46.2 Å². The molecule has 1 atom stereocenters. The number of aromatic hydroxyl groups is 1. The molecule has 0 bridgehead atoms. The van der Waals surface area contributed by atoms with Crippen molar-refractivity contribution in [2.24, 2.45) is 5.73 Å². The summed E-state index contributed by atoms with van der Waals surface area (Å²) in [6.45, 7) is 3.95. The first kappa shape index (κ1) is 9.07. The molecule has 0 heterocycles. The molecule has 1 rings (SSSR count). The van der Waals surface area contributed by atoms with Gasteiger partial charge in [0, 0.05) is 11.6 Å². The Bertz CT molecular complexity index is 271. The first-order valence-corrected chi connectivity index (χ1v) is 4.20. The van der Waals surface area contributed by atoms with Crippen molar-refractivity contribution >= 4 is 0 Å². The van der Waals surface area contributed by atoms with Crippen LogP contribution < -0.4 is 5.73 Å². The molecule has 0 radical (unpaired) electrons. The highest BCUT2D eigenvalue weighted by Crippen LogP contribution is 2.25. The average Bonchev–Trinajstić information content (AvgIpc) is 2.03. The maximum atomic E-state index is 9.51. The molecular weight excluding hydrogens is 150 g/mol. The lowest BCUT2D eigenvalue weighted by Crippen LogP contribution is -2.08. The zero-order valence-electron chi connectivity index (χ0n) is 7.54. The van der Waals surface area contributed by atoms with Crippen LogP contribution in [0.3, 0.4) is 0 Å². The molecule has 0 saturated heterocycles. The van der Waals surface area contributed by atoms with Gasteiger partial charge in [-0.25, -0.2) is 0 Å². The Morgan fingerprint density at radius 2 is 2.17 bits per heavy atom. The van der Waals surface area contributed by atoms with Gasteiger partial charge in [-0.1, -0.05) is 19.1 Å². The highest BCUT2D eigenvalue weighted by molar-refractivity contribution is 5.37. The minimum absolute atomic E-state index is 0.0504. The summed E-state index contributed by atoms with van der Waals surface area (Å²) in [5, 5.41) is 9.51. The average molecular weight is 165 g/mol. The predicted octanol–water partition coefficient (Wildman–Crippen LogP) is 2.11. The smallest absolute Gasteiger partial charge is 0.120 e. The van der Waals surface area contributed by atoms with Crippen molar-refractivity contribution in [1.29, 1.82) is 0 Å². The summed E-state index contributed by atoms with van der Waals surface area (Å²) in [7, 11) is 0. The van der Waals surface area contributed by atoms with Gasteiger partial charge in [-0.05, 0) is 25.0 Å². The van der Waals surface area contributed by atoms with Gasteiger partial charge < -0.3 is 10.8 Å². The highest BCUT2D eigenvalue weighted by atomic mass is 16.3. The third-order valence-electron chi connectivity index (χ3n) is 2.03. The Hall–Kier alpha value is -1.02. The Labute approximate surface area is 73.0 Å². The van der Waals surface area contributed by atoms with Crippen LogP contribution in [0.25, 0.3) is 0 Å². The number of hydrogen-bond donors (Lipinski definition) is 2. The van der Waals surface area contributed by atoms with Gasteiger partial charge >= 0.3 is 0 Å². The number of hydrogen-bond acceptors (Lipinski definition) is 2. The maximum absolute atomic E-state index is 9.51. The van der Waals surface area contributed by atoms with E-state index >= 15 is 0 Å². The minimum Gasteiger partial charge on any atom is -0.508 e. The summed E-state index contributed by atoms with van der Waals surface area (Å²) >= 11 is 0. The molecule has 1 unspecified atom stereocenters. The van der Waals surface area contributed by atoms with Gasteiger partial charge in [-0.3, -0.25) is 0 Å².